The van der Waals surface area contributed by atoms with Crippen LogP contribution in [0, 0.1) is 6.92 Å². The SMILES string of the molecule is Cc1sc2ncn([C@@H]3CCNC[C@H]3O)c(=O)c2c1-c1cccc(Cl)c1. The first-order chi connectivity index (χ1) is 12.1. The molecule has 0 bridgehead atoms. The van der Waals surface area contributed by atoms with Gasteiger partial charge < -0.3 is 10.4 Å². The molecule has 1 aromatic carbocycles. The van der Waals surface area contributed by atoms with Crippen LogP contribution in [0.1, 0.15) is 17.3 Å². The number of piperidine rings is 1. The summed E-state index contributed by atoms with van der Waals surface area (Å²) in [5.74, 6) is 0. The van der Waals surface area contributed by atoms with Gasteiger partial charge in [-0.15, -0.1) is 11.3 Å². The quantitative estimate of drug-likeness (QED) is 0.722. The fourth-order valence-corrected chi connectivity index (χ4v) is 4.69. The molecule has 1 fully saturated rings. The van der Waals surface area contributed by atoms with Gasteiger partial charge in [0.1, 0.15) is 4.83 Å². The number of aliphatic hydroxyl groups is 1. The molecule has 1 aliphatic heterocycles. The molecule has 1 aliphatic rings. The lowest BCUT2D eigenvalue weighted by molar-refractivity contribution is 0.0852. The maximum atomic E-state index is 13.2. The van der Waals surface area contributed by atoms with E-state index in [0.29, 0.717) is 23.4 Å². The standard InChI is InChI=1S/C18H18ClN3O2S/c1-10-15(11-3-2-4-12(19)7-11)16-17(25-10)21-9-22(18(16)24)13-5-6-20-8-14(13)23/h2-4,7,9,13-14,20,23H,5-6,8H2,1H3/t13-,14-/m1/s1. The molecule has 0 aliphatic carbocycles. The number of rotatable bonds is 2. The molecule has 0 spiro atoms. The summed E-state index contributed by atoms with van der Waals surface area (Å²) in [6, 6.07) is 7.27. The minimum atomic E-state index is -0.597. The Morgan fingerprint density at radius 3 is 3.04 bits per heavy atom. The number of β-amino-alcohol motifs (C(OH)–C–C–N with tert-alkyl or cyclic N) is 1. The second kappa shape index (κ2) is 6.53. The maximum absolute atomic E-state index is 13.2. The van der Waals surface area contributed by atoms with Crippen molar-refractivity contribution < 1.29 is 5.11 Å². The molecule has 3 heterocycles. The summed E-state index contributed by atoms with van der Waals surface area (Å²) >= 11 is 7.65. The molecule has 0 amide bonds. The molecular formula is C18H18ClN3O2S. The highest BCUT2D eigenvalue weighted by Gasteiger charge is 2.27. The number of hydrogen-bond acceptors (Lipinski definition) is 5. The Kier molecular flexibility index (Phi) is 4.37. The van der Waals surface area contributed by atoms with Crippen molar-refractivity contribution >= 4 is 33.2 Å². The van der Waals surface area contributed by atoms with Gasteiger partial charge in [0.25, 0.3) is 5.56 Å². The van der Waals surface area contributed by atoms with Crippen molar-refractivity contribution in [2.24, 2.45) is 0 Å². The molecule has 0 saturated carbocycles. The summed E-state index contributed by atoms with van der Waals surface area (Å²) in [5, 5.41) is 14.7. The second-order valence-electron chi connectivity index (χ2n) is 6.31. The molecule has 7 heteroatoms. The molecule has 3 aromatic rings. The van der Waals surface area contributed by atoms with Crippen molar-refractivity contribution in [2.45, 2.75) is 25.5 Å². The summed E-state index contributed by atoms with van der Waals surface area (Å²) < 4.78 is 1.59. The minimum absolute atomic E-state index is 0.102. The zero-order valence-electron chi connectivity index (χ0n) is 13.7. The van der Waals surface area contributed by atoms with Crippen LogP contribution in [0.25, 0.3) is 21.3 Å². The van der Waals surface area contributed by atoms with E-state index in [1.807, 2.05) is 31.2 Å². The Hall–Kier alpha value is -1.73. The average molecular weight is 376 g/mol. The van der Waals surface area contributed by atoms with Crippen molar-refractivity contribution in [1.82, 2.24) is 14.9 Å². The van der Waals surface area contributed by atoms with Gasteiger partial charge in [-0.25, -0.2) is 4.98 Å². The normalized spacial score (nSPS) is 20.9. The number of thiophene rings is 1. The number of halogens is 1. The molecule has 5 nitrogen and oxygen atoms in total. The van der Waals surface area contributed by atoms with Crippen LogP contribution < -0.4 is 10.9 Å². The molecular weight excluding hydrogens is 358 g/mol. The molecule has 0 unspecified atom stereocenters. The topological polar surface area (TPSA) is 67.2 Å². The molecule has 2 N–H and O–H groups in total. The van der Waals surface area contributed by atoms with Crippen LogP contribution in [0.15, 0.2) is 35.4 Å². The number of aryl methyl sites for hydroxylation is 1. The number of nitrogens with one attached hydrogen (secondary N) is 1. The number of aromatic nitrogens is 2. The van der Waals surface area contributed by atoms with Crippen LogP contribution in [-0.4, -0.2) is 33.9 Å². The lowest BCUT2D eigenvalue weighted by atomic mass is 10.0. The summed E-state index contributed by atoms with van der Waals surface area (Å²) in [6.07, 6.45) is 1.67. The van der Waals surface area contributed by atoms with Gasteiger partial charge in [-0.05, 0) is 37.6 Å². The first kappa shape index (κ1) is 16.7. The predicted molar refractivity (Wildman–Crippen MR) is 102 cm³/mol. The summed E-state index contributed by atoms with van der Waals surface area (Å²) in [5.41, 5.74) is 1.70. The summed E-state index contributed by atoms with van der Waals surface area (Å²) in [7, 11) is 0. The van der Waals surface area contributed by atoms with E-state index in [0.717, 1.165) is 27.4 Å². The lowest BCUT2D eigenvalue weighted by Gasteiger charge is -2.29. The van der Waals surface area contributed by atoms with E-state index in [4.69, 9.17) is 11.6 Å². The second-order valence-corrected chi connectivity index (χ2v) is 7.95. The third-order valence-corrected chi connectivity index (χ3v) is 5.95. The van der Waals surface area contributed by atoms with Crippen molar-refractivity contribution in [3.8, 4) is 11.1 Å². The van der Waals surface area contributed by atoms with Crippen LogP contribution >= 0.6 is 22.9 Å². The lowest BCUT2D eigenvalue weighted by Crippen LogP contribution is -2.44. The van der Waals surface area contributed by atoms with E-state index in [-0.39, 0.29) is 11.6 Å². The zero-order valence-corrected chi connectivity index (χ0v) is 15.3. The van der Waals surface area contributed by atoms with E-state index >= 15 is 0 Å². The van der Waals surface area contributed by atoms with Crippen LogP contribution in [0.4, 0.5) is 0 Å². The van der Waals surface area contributed by atoms with Gasteiger partial charge >= 0.3 is 0 Å². The number of nitrogens with zero attached hydrogens (tertiary/aromatic N) is 2. The first-order valence-electron chi connectivity index (χ1n) is 8.21. The van der Waals surface area contributed by atoms with Crippen molar-refractivity contribution in [3.63, 3.8) is 0 Å². The third-order valence-electron chi connectivity index (χ3n) is 4.70. The van der Waals surface area contributed by atoms with Crippen molar-refractivity contribution in [3.05, 3.63) is 50.8 Å². The molecule has 0 radical (unpaired) electrons. The summed E-state index contributed by atoms with van der Waals surface area (Å²) in [6.45, 7) is 3.25. The average Bonchev–Trinajstić information content (AvgIpc) is 2.93. The fraction of sp³-hybridized carbons (Fsp3) is 0.333. The molecule has 4 rings (SSSR count). The smallest absolute Gasteiger partial charge is 0.263 e. The Morgan fingerprint density at radius 2 is 2.28 bits per heavy atom. The molecule has 2 aromatic heterocycles. The highest BCUT2D eigenvalue weighted by Crippen LogP contribution is 2.36. The Morgan fingerprint density at radius 1 is 1.44 bits per heavy atom. The number of aliphatic hydroxyl groups excluding tert-OH is 1. The molecule has 130 valence electrons. The van der Waals surface area contributed by atoms with E-state index in [2.05, 4.69) is 10.3 Å². The van der Waals surface area contributed by atoms with Crippen LogP contribution in [0.2, 0.25) is 5.02 Å². The zero-order chi connectivity index (χ0) is 17.6. The van der Waals surface area contributed by atoms with Gasteiger partial charge in [0.15, 0.2) is 0 Å². The molecule has 1 saturated heterocycles. The van der Waals surface area contributed by atoms with Gasteiger partial charge in [-0.1, -0.05) is 23.7 Å². The monoisotopic (exact) mass is 375 g/mol. The van der Waals surface area contributed by atoms with Gasteiger partial charge in [0, 0.05) is 22.0 Å². The summed E-state index contributed by atoms with van der Waals surface area (Å²) in [4.78, 5) is 19.5. The van der Waals surface area contributed by atoms with Crippen molar-refractivity contribution in [2.75, 3.05) is 13.1 Å². The van der Waals surface area contributed by atoms with E-state index < -0.39 is 6.10 Å². The third kappa shape index (κ3) is 2.89. The molecule has 2 atom stereocenters. The number of benzene rings is 1. The van der Waals surface area contributed by atoms with Crippen LogP contribution in [0.3, 0.4) is 0 Å². The van der Waals surface area contributed by atoms with Gasteiger partial charge in [-0.3, -0.25) is 9.36 Å². The highest BCUT2D eigenvalue weighted by molar-refractivity contribution is 7.19. The minimum Gasteiger partial charge on any atom is -0.390 e. The van der Waals surface area contributed by atoms with E-state index in [9.17, 15) is 9.90 Å². The number of fused-ring (bicyclic) bond motifs is 1. The first-order valence-corrected chi connectivity index (χ1v) is 9.40. The van der Waals surface area contributed by atoms with Gasteiger partial charge in [-0.2, -0.15) is 0 Å². The molecule has 25 heavy (non-hydrogen) atoms. The van der Waals surface area contributed by atoms with Crippen LogP contribution in [-0.2, 0) is 0 Å². The Labute approximate surface area is 153 Å². The van der Waals surface area contributed by atoms with Crippen LogP contribution in [0.5, 0.6) is 0 Å². The largest absolute Gasteiger partial charge is 0.390 e. The Balaban J connectivity index is 1.94. The van der Waals surface area contributed by atoms with Gasteiger partial charge in [0.05, 0.1) is 23.9 Å². The maximum Gasteiger partial charge on any atom is 0.263 e. The highest BCUT2D eigenvalue weighted by atomic mass is 35.5. The fourth-order valence-electron chi connectivity index (χ4n) is 3.50. The van der Waals surface area contributed by atoms with Gasteiger partial charge in [0.2, 0.25) is 0 Å². The van der Waals surface area contributed by atoms with E-state index in [1.54, 1.807) is 10.9 Å². The van der Waals surface area contributed by atoms with E-state index in [1.165, 1.54) is 11.3 Å². The predicted octanol–water partition coefficient (Wildman–Crippen LogP) is 2.98. The Bertz CT molecular complexity index is 998. The number of hydrogen-bond donors (Lipinski definition) is 2. The van der Waals surface area contributed by atoms with Crippen molar-refractivity contribution in [1.29, 1.82) is 0 Å².